The van der Waals surface area contributed by atoms with Crippen molar-refractivity contribution in [3.63, 3.8) is 0 Å². The number of benzene rings is 2. The lowest BCUT2D eigenvalue weighted by Gasteiger charge is -2.10. The van der Waals surface area contributed by atoms with Crippen molar-refractivity contribution in [2.24, 2.45) is 0 Å². The molecule has 4 N–H and O–H groups in total. The third kappa shape index (κ3) is 3.26. The Morgan fingerprint density at radius 3 is 2.30 bits per heavy atom. The van der Waals surface area contributed by atoms with Gasteiger partial charge in [0.15, 0.2) is 0 Å². The maximum Gasteiger partial charge on any atom is 0.337 e. The molecule has 6 nitrogen and oxygen atoms in total. The molecule has 2 amide bonds. The van der Waals surface area contributed by atoms with Gasteiger partial charge in [0.25, 0.3) is 0 Å². The molecular weight excluding hydrogens is 260 g/mol. The third-order valence-electron chi connectivity index (χ3n) is 2.51. The number of phenolic OH excluding ortho intramolecular Hbond substituents is 1. The summed E-state index contributed by atoms with van der Waals surface area (Å²) < 4.78 is 0. The molecule has 2 rings (SSSR count). The van der Waals surface area contributed by atoms with E-state index in [1.165, 1.54) is 12.1 Å². The lowest BCUT2D eigenvalue weighted by Crippen LogP contribution is -2.20. The summed E-state index contributed by atoms with van der Waals surface area (Å²) in [6.07, 6.45) is 0. The highest BCUT2D eigenvalue weighted by molar-refractivity contribution is 6.04. The molecule has 0 bridgehead atoms. The molecule has 0 fully saturated rings. The van der Waals surface area contributed by atoms with Crippen molar-refractivity contribution in [1.82, 2.24) is 0 Å². The van der Waals surface area contributed by atoms with Crippen LogP contribution >= 0.6 is 0 Å². The molecule has 0 aliphatic carbocycles. The largest absolute Gasteiger partial charge is 0.508 e. The van der Waals surface area contributed by atoms with E-state index in [0.717, 1.165) is 6.07 Å². The second-order valence-electron chi connectivity index (χ2n) is 3.98. The zero-order valence-corrected chi connectivity index (χ0v) is 10.3. The number of anilines is 2. The van der Waals surface area contributed by atoms with Gasteiger partial charge in [-0.05, 0) is 30.3 Å². The molecule has 102 valence electrons. The molecule has 0 aromatic heterocycles. The number of aromatic carboxylic acids is 1. The van der Waals surface area contributed by atoms with E-state index in [0.29, 0.717) is 5.69 Å². The van der Waals surface area contributed by atoms with E-state index in [9.17, 15) is 14.7 Å². The van der Waals surface area contributed by atoms with Crippen molar-refractivity contribution in [3.8, 4) is 5.75 Å². The van der Waals surface area contributed by atoms with Crippen molar-refractivity contribution in [1.29, 1.82) is 0 Å². The monoisotopic (exact) mass is 272 g/mol. The van der Waals surface area contributed by atoms with E-state index in [4.69, 9.17) is 5.11 Å². The molecule has 2 aromatic rings. The van der Waals surface area contributed by atoms with Crippen molar-refractivity contribution in [3.05, 3.63) is 54.1 Å². The molecule has 0 aliphatic heterocycles. The van der Waals surface area contributed by atoms with Crippen LogP contribution in [0.3, 0.4) is 0 Å². The Labute approximate surface area is 114 Å². The number of hydrogen-bond donors (Lipinski definition) is 4. The first kappa shape index (κ1) is 13.4. The fraction of sp³-hybridized carbons (Fsp3) is 0. The highest BCUT2D eigenvalue weighted by Crippen LogP contribution is 2.21. The molecule has 20 heavy (non-hydrogen) atoms. The van der Waals surface area contributed by atoms with Gasteiger partial charge in [-0.1, -0.05) is 18.2 Å². The summed E-state index contributed by atoms with van der Waals surface area (Å²) in [4.78, 5) is 22.8. The van der Waals surface area contributed by atoms with Crippen LogP contribution in [-0.4, -0.2) is 22.2 Å². The summed E-state index contributed by atoms with van der Waals surface area (Å²) >= 11 is 0. The van der Waals surface area contributed by atoms with E-state index >= 15 is 0 Å². The normalized spacial score (nSPS) is 9.80. The van der Waals surface area contributed by atoms with Gasteiger partial charge in [0, 0.05) is 5.69 Å². The first-order valence-corrected chi connectivity index (χ1v) is 5.75. The SMILES string of the molecule is O=C(Nc1ccccc1)Nc1ccc(O)cc1C(=O)O. The fourth-order valence-electron chi connectivity index (χ4n) is 1.62. The molecule has 0 spiro atoms. The quantitative estimate of drug-likeness (QED) is 0.645. The van der Waals surface area contributed by atoms with Crippen LogP contribution in [0.2, 0.25) is 0 Å². The van der Waals surface area contributed by atoms with E-state index in [1.54, 1.807) is 24.3 Å². The number of rotatable bonds is 3. The Bertz CT molecular complexity index is 641. The van der Waals surface area contributed by atoms with E-state index in [1.807, 2.05) is 6.07 Å². The Balaban J connectivity index is 2.14. The second-order valence-corrected chi connectivity index (χ2v) is 3.98. The van der Waals surface area contributed by atoms with Crippen molar-refractivity contribution in [2.75, 3.05) is 10.6 Å². The number of nitrogens with one attached hydrogen (secondary N) is 2. The lowest BCUT2D eigenvalue weighted by atomic mass is 10.1. The Kier molecular flexibility index (Phi) is 3.85. The van der Waals surface area contributed by atoms with Gasteiger partial charge in [0.05, 0.1) is 11.3 Å². The number of carbonyl (C=O) groups is 2. The number of urea groups is 1. The maximum absolute atomic E-state index is 11.8. The predicted octanol–water partition coefficient (Wildman–Crippen LogP) is 2.73. The molecular formula is C14H12N2O4. The van der Waals surface area contributed by atoms with Gasteiger partial charge in [-0.25, -0.2) is 9.59 Å². The molecule has 0 aliphatic rings. The Morgan fingerprint density at radius 1 is 0.950 bits per heavy atom. The van der Waals surface area contributed by atoms with Crippen LogP contribution in [-0.2, 0) is 0 Å². The summed E-state index contributed by atoms with van der Waals surface area (Å²) in [5, 5.41) is 23.3. The van der Waals surface area contributed by atoms with Gasteiger partial charge in [0.2, 0.25) is 0 Å². The van der Waals surface area contributed by atoms with E-state index < -0.39 is 12.0 Å². The van der Waals surface area contributed by atoms with Crippen molar-refractivity contribution < 1.29 is 19.8 Å². The summed E-state index contributed by atoms with van der Waals surface area (Å²) in [6, 6.07) is 11.9. The number of aromatic hydroxyl groups is 1. The van der Waals surface area contributed by atoms with Gasteiger partial charge in [-0.2, -0.15) is 0 Å². The molecule has 0 unspecified atom stereocenters. The summed E-state index contributed by atoms with van der Waals surface area (Å²) in [6.45, 7) is 0. The summed E-state index contributed by atoms with van der Waals surface area (Å²) in [5.74, 6) is -1.42. The van der Waals surface area contributed by atoms with Crippen LogP contribution < -0.4 is 10.6 Å². The minimum atomic E-state index is -1.24. The first-order chi connectivity index (χ1) is 9.56. The van der Waals surface area contributed by atoms with Crippen LogP contribution in [0.15, 0.2) is 48.5 Å². The van der Waals surface area contributed by atoms with Crippen LogP contribution in [0.1, 0.15) is 10.4 Å². The highest BCUT2D eigenvalue weighted by atomic mass is 16.4. The maximum atomic E-state index is 11.8. The van der Waals surface area contributed by atoms with E-state index in [2.05, 4.69) is 10.6 Å². The molecule has 6 heteroatoms. The van der Waals surface area contributed by atoms with Crippen molar-refractivity contribution in [2.45, 2.75) is 0 Å². The molecule has 0 radical (unpaired) electrons. The van der Waals surface area contributed by atoms with Gasteiger partial charge in [0.1, 0.15) is 5.75 Å². The number of carbonyl (C=O) groups excluding carboxylic acids is 1. The second kappa shape index (κ2) is 5.75. The number of carboxylic acid groups (broad SMARTS) is 1. The van der Waals surface area contributed by atoms with Crippen LogP contribution in [0.25, 0.3) is 0 Å². The minimum absolute atomic E-state index is 0.101. The van der Waals surface area contributed by atoms with Gasteiger partial charge in [-0.15, -0.1) is 0 Å². The Morgan fingerprint density at radius 2 is 1.65 bits per heavy atom. The zero-order chi connectivity index (χ0) is 14.5. The Hall–Kier alpha value is -3.02. The average Bonchev–Trinajstić information content (AvgIpc) is 2.41. The lowest BCUT2D eigenvalue weighted by molar-refractivity contribution is 0.0697. The van der Waals surface area contributed by atoms with Crippen LogP contribution in [0.5, 0.6) is 5.75 Å². The number of carboxylic acids is 1. The number of para-hydroxylation sites is 1. The van der Waals surface area contributed by atoms with Gasteiger partial charge in [-0.3, -0.25) is 0 Å². The number of phenols is 1. The third-order valence-corrected chi connectivity index (χ3v) is 2.51. The predicted molar refractivity (Wildman–Crippen MR) is 74.1 cm³/mol. The van der Waals surface area contributed by atoms with Gasteiger partial charge < -0.3 is 20.8 Å². The molecule has 0 saturated heterocycles. The van der Waals surface area contributed by atoms with Gasteiger partial charge >= 0.3 is 12.0 Å². The summed E-state index contributed by atoms with van der Waals surface area (Å²) in [5.41, 5.74) is 0.498. The van der Waals surface area contributed by atoms with Crippen LogP contribution in [0, 0.1) is 0 Å². The smallest absolute Gasteiger partial charge is 0.337 e. The topological polar surface area (TPSA) is 98.7 Å². The van der Waals surface area contributed by atoms with Crippen molar-refractivity contribution >= 4 is 23.4 Å². The van der Waals surface area contributed by atoms with Crippen LogP contribution in [0.4, 0.5) is 16.2 Å². The van der Waals surface area contributed by atoms with E-state index in [-0.39, 0.29) is 17.0 Å². The fourth-order valence-corrected chi connectivity index (χ4v) is 1.62. The zero-order valence-electron chi connectivity index (χ0n) is 10.3. The molecule has 2 aromatic carbocycles. The first-order valence-electron chi connectivity index (χ1n) is 5.75. The number of amides is 2. The molecule has 0 saturated carbocycles. The minimum Gasteiger partial charge on any atom is -0.508 e. The summed E-state index contributed by atoms with van der Waals surface area (Å²) in [7, 11) is 0. The standard InChI is InChI=1S/C14H12N2O4/c17-10-6-7-12(11(8-10)13(18)19)16-14(20)15-9-4-2-1-3-5-9/h1-8,17H,(H,18,19)(H2,15,16,20). The highest BCUT2D eigenvalue weighted by Gasteiger charge is 2.13. The molecule has 0 heterocycles. The number of hydrogen-bond acceptors (Lipinski definition) is 3. The average molecular weight is 272 g/mol. The molecule has 0 atom stereocenters.